The van der Waals surface area contributed by atoms with Crippen LogP contribution in [-0.4, -0.2) is 42.2 Å². The average Bonchev–Trinajstić information content (AvgIpc) is 2.37. The van der Waals surface area contributed by atoms with Crippen molar-refractivity contribution in [2.45, 2.75) is 12.2 Å². The van der Waals surface area contributed by atoms with Crippen LogP contribution in [0.15, 0.2) is 24.3 Å². The second-order valence-electron chi connectivity index (χ2n) is 3.82. The number of nitrogens with two attached hydrogens (primary N) is 1. The summed E-state index contributed by atoms with van der Waals surface area (Å²) in [5, 5.41) is 22.2. The van der Waals surface area contributed by atoms with E-state index < -0.39 is 12.2 Å². The molecule has 0 heterocycles. The van der Waals surface area contributed by atoms with Crippen LogP contribution in [0.2, 0.25) is 0 Å². The number of benzene rings is 1. The number of likely N-dealkylation sites (N-methyl/N-ethyl adjacent to an activating group) is 1. The zero-order valence-electron chi connectivity index (χ0n) is 9.76. The SMILES string of the molecule is CNCC(O)C(O)c1ccc(C(=O)CN)cc1. The van der Waals surface area contributed by atoms with E-state index in [0.717, 1.165) is 0 Å². The number of hydrogen-bond acceptors (Lipinski definition) is 5. The normalized spacial score (nSPS) is 14.4. The first-order valence-corrected chi connectivity index (χ1v) is 5.44. The van der Waals surface area contributed by atoms with Crippen LogP contribution >= 0.6 is 0 Å². The minimum absolute atomic E-state index is 0.0374. The summed E-state index contributed by atoms with van der Waals surface area (Å²) in [6, 6.07) is 6.43. The molecule has 5 nitrogen and oxygen atoms in total. The first kappa shape index (κ1) is 13.8. The van der Waals surface area contributed by atoms with Crippen molar-refractivity contribution in [3.63, 3.8) is 0 Å². The molecule has 0 amide bonds. The Bertz CT molecular complexity index is 365. The number of ketones is 1. The highest BCUT2D eigenvalue weighted by Gasteiger charge is 2.17. The van der Waals surface area contributed by atoms with Crippen molar-refractivity contribution in [2.75, 3.05) is 20.1 Å². The predicted molar refractivity (Wildman–Crippen MR) is 64.7 cm³/mol. The van der Waals surface area contributed by atoms with Gasteiger partial charge in [-0.1, -0.05) is 24.3 Å². The number of nitrogens with one attached hydrogen (secondary N) is 1. The molecule has 94 valence electrons. The van der Waals surface area contributed by atoms with E-state index in [-0.39, 0.29) is 12.3 Å². The van der Waals surface area contributed by atoms with Gasteiger partial charge in [-0.15, -0.1) is 0 Å². The van der Waals surface area contributed by atoms with Gasteiger partial charge in [-0.2, -0.15) is 0 Å². The summed E-state index contributed by atoms with van der Waals surface area (Å²) in [6.45, 7) is 0.259. The number of rotatable bonds is 6. The quantitative estimate of drug-likeness (QED) is 0.498. The summed E-state index contributed by atoms with van der Waals surface area (Å²) in [6.07, 6.45) is -1.85. The number of carbonyl (C=O) groups is 1. The third kappa shape index (κ3) is 3.61. The molecular formula is C12H18N2O3. The van der Waals surface area contributed by atoms with E-state index in [1.807, 2.05) is 0 Å². The zero-order valence-corrected chi connectivity index (χ0v) is 9.76. The van der Waals surface area contributed by atoms with Gasteiger partial charge in [0.15, 0.2) is 5.78 Å². The van der Waals surface area contributed by atoms with Crippen LogP contribution < -0.4 is 11.1 Å². The van der Waals surface area contributed by atoms with E-state index in [9.17, 15) is 15.0 Å². The topological polar surface area (TPSA) is 95.6 Å². The lowest BCUT2D eigenvalue weighted by molar-refractivity contribution is 0.0202. The molecule has 0 aromatic heterocycles. The molecule has 1 rings (SSSR count). The summed E-state index contributed by atoms with van der Waals surface area (Å²) in [5.74, 6) is -0.151. The maximum absolute atomic E-state index is 11.3. The maximum atomic E-state index is 11.3. The molecule has 0 radical (unpaired) electrons. The number of aliphatic hydroxyl groups excluding tert-OH is 2. The van der Waals surface area contributed by atoms with E-state index in [1.165, 1.54) is 0 Å². The van der Waals surface area contributed by atoms with Gasteiger partial charge in [0, 0.05) is 12.1 Å². The van der Waals surface area contributed by atoms with Gasteiger partial charge in [-0.3, -0.25) is 4.79 Å². The van der Waals surface area contributed by atoms with Crippen molar-refractivity contribution in [1.29, 1.82) is 0 Å². The summed E-state index contributed by atoms with van der Waals surface area (Å²) >= 11 is 0. The predicted octanol–water partition coefficient (Wildman–Crippen LogP) is -0.558. The minimum Gasteiger partial charge on any atom is -0.389 e. The van der Waals surface area contributed by atoms with E-state index >= 15 is 0 Å². The third-order valence-corrected chi connectivity index (χ3v) is 2.54. The monoisotopic (exact) mass is 238 g/mol. The van der Waals surface area contributed by atoms with Gasteiger partial charge in [-0.05, 0) is 12.6 Å². The summed E-state index contributed by atoms with van der Waals surface area (Å²) in [4.78, 5) is 11.3. The Morgan fingerprint density at radius 2 is 1.94 bits per heavy atom. The first-order chi connectivity index (χ1) is 8.10. The Labute approximate surface area is 100 Å². The van der Waals surface area contributed by atoms with Gasteiger partial charge in [0.25, 0.3) is 0 Å². The summed E-state index contributed by atoms with van der Waals surface area (Å²) in [5.41, 5.74) is 6.32. The first-order valence-electron chi connectivity index (χ1n) is 5.44. The molecule has 5 N–H and O–H groups in total. The van der Waals surface area contributed by atoms with Crippen LogP contribution in [0.4, 0.5) is 0 Å². The fourth-order valence-corrected chi connectivity index (χ4v) is 1.53. The molecule has 0 bridgehead atoms. The molecule has 0 aliphatic heterocycles. The Hall–Kier alpha value is -1.27. The fraction of sp³-hybridized carbons (Fsp3) is 0.417. The van der Waals surface area contributed by atoms with Crippen molar-refractivity contribution in [2.24, 2.45) is 5.73 Å². The molecule has 5 heteroatoms. The maximum Gasteiger partial charge on any atom is 0.176 e. The third-order valence-electron chi connectivity index (χ3n) is 2.54. The number of Topliss-reactive ketones (excluding diaryl/α,β-unsaturated/α-hetero) is 1. The molecule has 2 unspecified atom stereocenters. The van der Waals surface area contributed by atoms with Crippen LogP contribution in [0.5, 0.6) is 0 Å². The van der Waals surface area contributed by atoms with Crippen LogP contribution in [-0.2, 0) is 0 Å². The van der Waals surface area contributed by atoms with Crippen molar-refractivity contribution in [3.05, 3.63) is 35.4 Å². The second kappa shape index (κ2) is 6.46. The van der Waals surface area contributed by atoms with Gasteiger partial charge in [0.2, 0.25) is 0 Å². The second-order valence-corrected chi connectivity index (χ2v) is 3.82. The molecular weight excluding hydrogens is 220 g/mol. The van der Waals surface area contributed by atoms with Gasteiger partial charge >= 0.3 is 0 Å². The Morgan fingerprint density at radius 3 is 2.41 bits per heavy atom. The molecule has 0 aliphatic rings. The Kier molecular flexibility index (Phi) is 5.24. The minimum atomic E-state index is -0.968. The van der Waals surface area contributed by atoms with Crippen molar-refractivity contribution < 1.29 is 15.0 Å². The van der Waals surface area contributed by atoms with Crippen LogP contribution in [0.3, 0.4) is 0 Å². The largest absolute Gasteiger partial charge is 0.389 e. The summed E-state index contributed by atoms with van der Waals surface area (Å²) < 4.78 is 0. The van der Waals surface area contributed by atoms with E-state index in [2.05, 4.69) is 5.32 Å². The van der Waals surface area contributed by atoms with Crippen LogP contribution in [0, 0.1) is 0 Å². The van der Waals surface area contributed by atoms with Gasteiger partial charge in [0.1, 0.15) is 6.10 Å². The van der Waals surface area contributed by atoms with E-state index in [1.54, 1.807) is 31.3 Å². The van der Waals surface area contributed by atoms with Crippen molar-refractivity contribution >= 4 is 5.78 Å². The highest BCUT2D eigenvalue weighted by atomic mass is 16.3. The zero-order chi connectivity index (χ0) is 12.8. The van der Waals surface area contributed by atoms with Crippen LogP contribution in [0.25, 0.3) is 0 Å². The molecule has 2 atom stereocenters. The molecule has 1 aromatic rings. The molecule has 1 aromatic carbocycles. The van der Waals surface area contributed by atoms with Crippen LogP contribution in [0.1, 0.15) is 22.0 Å². The van der Waals surface area contributed by atoms with Crippen molar-refractivity contribution in [3.8, 4) is 0 Å². The van der Waals surface area contributed by atoms with E-state index in [0.29, 0.717) is 17.7 Å². The molecule has 17 heavy (non-hydrogen) atoms. The Balaban J connectivity index is 2.76. The van der Waals surface area contributed by atoms with Gasteiger partial charge in [0.05, 0.1) is 12.6 Å². The highest BCUT2D eigenvalue weighted by Crippen LogP contribution is 2.17. The standard InChI is InChI=1S/C12H18N2O3/c1-14-7-11(16)12(17)9-4-2-8(3-5-9)10(15)6-13/h2-5,11-12,14,16-17H,6-7,13H2,1H3. The molecule has 0 saturated heterocycles. The molecule has 0 fully saturated rings. The lowest BCUT2D eigenvalue weighted by Crippen LogP contribution is -2.29. The number of aliphatic hydroxyl groups is 2. The number of hydrogen-bond donors (Lipinski definition) is 4. The molecule has 0 aliphatic carbocycles. The van der Waals surface area contributed by atoms with Gasteiger partial charge < -0.3 is 21.3 Å². The number of carbonyl (C=O) groups excluding carboxylic acids is 1. The van der Waals surface area contributed by atoms with Crippen molar-refractivity contribution in [1.82, 2.24) is 5.32 Å². The lowest BCUT2D eigenvalue weighted by atomic mass is 10.0. The van der Waals surface area contributed by atoms with E-state index in [4.69, 9.17) is 5.73 Å². The lowest BCUT2D eigenvalue weighted by Gasteiger charge is -2.17. The Morgan fingerprint density at radius 1 is 1.35 bits per heavy atom. The average molecular weight is 238 g/mol. The van der Waals surface area contributed by atoms with Gasteiger partial charge in [-0.25, -0.2) is 0 Å². The fourth-order valence-electron chi connectivity index (χ4n) is 1.53. The highest BCUT2D eigenvalue weighted by molar-refractivity contribution is 5.97. The molecule has 0 spiro atoms. The smallest absolute Gasteiger partial charge is 0.176 e. The molecule has 0 saturated carbocycles. The summed E-state index contributed by atoms with van der Waals surface area (Å²) in [7, 11) is 1.69.